The lowest BCUT2D eigenvalue weighted by molar-refractivity contribution is 0.0906. The summed E-state index contributed by atoms with van der Waals surface area (Å²) in [5.74, 6) is 0.499. The highest BCUT2D eigenvalue weighted by atomic mass is 16.5. The summed E-state index contributed by atoms with van der Waals surface area (Å²) in [6, 6.07) is 7.34. The first-order valence-corrected chi connectivity index (χ1v) is 9.34. The molecule has 7 heteroatoms. The Morgan fingerprint density at radius 1 is 1.21 bits per heavy atom. The van der Waals surface area contributed by atoms with Gasteiger partial charge in [-0.05, 0) is 38.8 Å². The van der Waals surface area contributed by atoms with Crippen molar-refractivity contribution in [3.8, 4) is 0 Å². The van der Waals surface area contributed by atoms with Gasteiger partial charge in [-0.2, -0.15) is 5.10 Å². The van der Waals surface area contributed by atoms with E-state index < -0.39 is 0 Å². The minimum atomic E-state index is -0.271. The van der Waals surface area contributed by atoms with Gasteiger partial charge in [0.1, 0.15) is 5.76 Å². The zero-order valence-electron chi connectivity index (χ0n) is 16.4. The molecule has 0 bridgehead atoms. The number of aryl methyl sites for hydroxylation is 2. The molecule has 2 aromatic rings. The van der Waals surface area contributed by atoms with Crippen LogP contribution in [-0.4, -0.2) is 37.8 Å². The number of hydrogen-bond acceptors (Lipinski definition) is 5. The van der Waals surface area contributed by atoms with E-state index in [1.165, 1.54) is 0 Å². The van der Waals surface area contributed by atoms with Gasteiger partial charge in [-0.15, -0.1) is 0 Å². The van der Waals surface area contributed by atoms with Crippen molar-refractivity contribution in [2.24, 2.45) is 5.10 Å². The van der Waals surface area contributed by atoms with Gasteiger partial charge in [-0.1, -0.05) is 17.7 Å². The van der Waals surface area contributed by atoms with Crippen molar-refractivity contribution in [2.45, 2.75) is 33.1 Å². The van der Waals surface area contributed by atoms with Gasteiger partial charge in [-0.3, -0.25) is 9.59 Å². The predicted octanol–water partition coefficient (Wildman–Crippen LogP) is 2.74. The Balaban J connectivity index is 1.79. The van der Waals surface area contributed by atoms with Crippen molar-refractivity contribution in [2.75, 3.05) is 20.3 Å². The molecule has 0 spiro atoms. The van der Waals surface area contributed by atoms with Crippen LogP contribution in [0.4, 0.5) is 0 Å². The molecule has 2 amide bonds. The number of methoxy groups -OCH3 is 1. The molecule has 0 saturated carbocycles. The second-order valence-electron chi connectivity index (χ2n) is 6.83. The quantitative estimate of drug-likeness (QED) is 0.593. The summed E-state index contributed by atoms with van der Waals surface area (Å²) in [6.07, 6.45) is 2.31. The Bertz CT molecular complexity index is 914. The average molecular weight is 383 g/mol. The van der Waals surface area contributed by atoms with Crippen LogP contribution < -0.4 is 10.7 Å². The van der Waals surface area contributed by atoms with Gasteiger partial charge in [-0.25, -0.2) is 5.43 Å². The van der Waals surface area contributed by atoms with E-state index in [9.17, 15) is 9.59 Å². The number of ether oxygens (including phenoxy) is 1. The maximum absolute atomic E-state index is 12.4. The van der Waals surface area contributed by atoms with Crippen molar-refractivity contribution in [3.63, 3.8) is 0 Å². The number of hydrazone groups is 1. The predicted molar refractivity (Wildman–Crippen MR) is 106 cm³/mol. The Kier molecular flexibility index (Phi) is 6.26. The zero-order valence-corrected chi connectivity index (χ0v) is 16.4. The van der Waals surface area contributed by atoms with Crippen LogP contribution in [0, 0.1) is 13.8 Å². The number of nitrogens with one attached hydrogen (secondary N) is 2. The third-order valence-corrected chi connectivity index (χ3v) is 4.70. The fourth-order valence-electron chi connectivity index (χ4n) is 3.31. The molecule has 0 atom stereocenters. The smallest absolute Gasteiger partial charge is 0.287 e. The van der Waals surface area contributed by atoms with Crippen LogP contribution in [0.3, 0.4) is 0 Å². The lowest BCUT2D eigenvalue weighted by atomic mass is 9.93. The number of furan rings is 1. The molecule has 0 fully saturated rings. The van der Waals surface area contributed by atoms with Crippen LogP contribution in [0.2, 0.25) is 0 Å². The third kappa shape index (κ3) is 4.31. The second kappa shape index (κ2) is 8.84. The molecule has 3 rings (SSSR count). The average Bonchev–Trinajstić information content (AvgIpc) is 3.03. The molecule has 28 heavy (non-hydrogen) atoms. The van der Waals surface area contributed by atoms with Crippen LogP contribution in [-0.2, 0) is 11.2 Å². The summed E-state index contributed by atoms with van der Waals surface area (Å²) in [5.41, 5.74) is 6.51. The number of nitrogens with zero attached hydrogens (tertiary/aromatic N) is 1. The van der Waals surface area contributed by atoms with Crippen LogP contribution in [0.1, 0.15) is 56.2 Å². The van der Waals surface area contributed by atoms with E-state index >= 15 is 0 Å². The minimum Gasteiger partial charge on any atom is -0.455 e. The molecule has 0 aliphatic heterocycles. The van der Waals surface area contributed by atoms with E-state index in [0.29, 0.717) is 30.9 Å². The Labute approximate surface area is 164 Å². The maximum atomic E-state index is 12.4. The largest absolute Gasteiger partial charge is 0.455 e. The molecule has 1 aromatic heterocycles. The van der Waals surface area contributed by atoms with Crippen LogP contribution >= 0.6 is 0 Å². The van der Waals surface area contributed by atoms with E-state index in [0.717, 1.165) is 41.0 Å². The number of benzene rings is 1. The molecule has 1 heterocycles. The topological polar surface area (TPSA) is 92.9 Å². The van der Waals surface area contributed by atoms with Gasteiger partial charge in [0.05, 0.1) is 12.3 Å². The second-order valence-corrected chi connectivity index (χ2v) is 6.83. The molecule has 2 N–H and O–H groups in total. The Morgan fingerprint density at radius 2 is 2.04 bits per heavy atom. The first-order valence-electron chi connectivity index (χ1n) is 9.34. The zero-order chi connectivity index (χ0) is 20.1. The van der Waals surface area contributed by atoms with Crippen molar-refractivity contribution >= 4 is 17.5 Å². The lowest BCUT2D eigenvalue weighted by Crippen LogP contribution is -2.27. The molecule has 7 nitrogen and oxygen atoms in total. The van der Waals surface area contributed by atoms with E-state index in [1.54, 1.807) is 13.2 Å². The van der Waals surface area contributed by atoms with Crippen molar-refractivity contribution in [1.29, 1.82) is 0 Å². The van der Waals surface area contributed by atoms with Gasteiger partial charge in [0, 0.05) is 36.8 Å². The Morgan fingerprint density at radius 3 is 2.79 bits per heavy atom. The van der Waals surface area contributed by atoms with Crippen LogP contribution in [0.25, 0.3) is 0 Å². The van der Waals surface area contributed by atoms with Crippen molar-refractivity contribution < 1.29 is 18.7 Å². The number of carbonyl (C=O) groups is 2. The van der Waals surface area contributed by atoms with E-state index in [-0.39, 0.29) is 11.8 Å². The highest BCUT2D eigenvalue weighted by molar-refractivity contribution is 6.07. The summed E-state index contributed by atoms with van der Waals surface area (Å²) < 4.78 is 10.8. The molecular weight excluding hydrogens is 358 g/mol. The molecule has 0 unspecified atom stereocenters. The van der Waals surface area contributed by atoms with Crippen molar-refractivity contribution in [3.05, 3.63) is 58.0 Å². The molecule has 148 valence electrons. The molecule has 0 saturated heterocycles. The Hall–Kier alpha value is -2.93. The number of fused-ring (bicyclic) bond motifs is 1. The van der Waals surface area contributed by atoms with E-state index in [2.05, 4.69) is 15.8 Å². The summed E-state index contributed by atoms with van der Waals surface area (Å²) in [7, 11) is 1.58. The minimum absolute atomic E-state index is 0.262. The van der Waals surface area contributed by atoms with Gasteiger partial charge in [0.15, 0.2) is 5.76 Å². The summed E-state index contributed by atoms with van der Waals surface area (Å²) in [4.78, 5) is 24.8. The fraction of sp³-hybridized carbons (Fsp3) is 0.381. The summed E-state index contributed by atoms with van der Waals surface area (Å²) >= 11 is 0. The van der Waals surface area contributed by atoms with Crippen LogP contribution in [0.15, 0.2) is 33.8 Å². The van der Waals surface area contributed by atoms with Gasteiger partial charge < -0.3 is 14.5 Å². The van der Waals surface area contributed by atoms with E-state index in [1.807, 2.05) is 32.0 Å². The monoisotopic (exact) mass is 383 g/mol. The van der Waals surface area contributed by atoms with Crippen LogP contribution in [0.5, 0.6) is 0 Å². The number of hydrogen-bond donors (Lipinski definition) is 2. The molecule has 1 aromatic carbocycles. The lowest BCUT2D eigenvalue weighted by Gasteiger charge is -2.13. The first kappa shape index (κ1) is 19.8. The molecular formula is C21H25N3O4. The highest BCUT2D eigenvalue weighted by Crippen LogP contribution is 2.29. The van der Waals surface area contributed by atoms with Crippen molar-refractivity contribution in [1.82, 2.24) is 10.7 Å². The molecule has 1 aliphatic rings. The first-order chi connectivity index (χ1) is 13.5. The van der Waals surface area contributed by atoms with E-state index in [4.69, 9.17) is 9.15 Å². The summed E-state index contributed by atoms with van der Waals surface area (Å²) in [6.45, 7) is 4.62. The SMILES string of the molecule is COCCNC(=O)c1oc2c(c1C)/C(=N/NC(=O)c1cccc(C)c1)CCC2. The van der Waals surface area contributed by atoms with Gasteiger partial charge in [0.2, 0.25) is 0 Å². The number of carbonyl (C=O) groups excluding carboxylic acids is 2. The van der Waals surface area contributed by atoms with Gasteiger partial charge >= 0.3 is 0 Å². The standard InChI is InChI=1S/C21H25N3O4/c1-13-6-4-7-15(12-13)20(25)24-23-16-8-5-9-17-18(16)14(2)19(28-17)21(26)22-10-11-27-3/h4,6-7,12H,5,8-11H2,1-3H3,(H,22,26)(H,24,25)/b23-16+. The highest BCUT2D eigenvalue weighted by Gasteiger charge is 2.28. The fourth-order valence-corrected chi connectivity index (χ4v) is 3.31. The number of rotatable bonds is 6. The summed E-state index contributed by atoms with van der Waals surface area (Å²) in [5, 5.41) is 7.12. The molecule has 0 radical (unpaired) electrons. The number of amides is 2. The molecule has 1 aliphatic carbocycles. The van der Waals surface area contributed by atoms with Gasteiger partial charge in [0.25, 0.3) is 11.8 Å². The normalized spacial score (nSPS) is 14.6. The maximum Gasteiger partial charge on any atom is 0.287 e. The third-order valence-electron chi connectivity index (χ3n) is 4.70.